The zero-order valence-corrected chi connectivity index (χ0v) is 21.6. The molecule has 3 rings (SSSR count). The number of carbonyl (C=O) groups is 3. The predicted molar refractivity (Wildman–Crippen MR) is 138 cm³/mol. The van der Waals surface area contributed by atoms with Gasteiger partial charge in [0.05, 0.1) is 12.0 Å². The Kier molecular flexibility index (Phi) is 10.2. The van der Waals surface area contributed by atoms with E-state index in [1.54, 1.807) is 24.3 Å². The largest absolute Gasteiger partial charge is 0.496 e. The quantitative estimate of drug-likeness (QED) is 0.254. The lowest BCUT2D eigenvalue weighted by atomic mass is 9.93. The second-order valence-electron chi connectivity index (χ2n) is 8.96. The lowest BCUT2D eigenvalue weighted by molar-refractivity contribution is -0.138. The average molecular weight is 535 g/mol. The van der Waals surface area contributed by atoms with Gasteiger partial charge in [-0.1, -0.05) is 24.3 Å². The van der Waals surface area contributed by atoms with Gasteiger partial charge in [0.15, 0.2) is 0 Å². The van der Waals surface area contributed by atoms with Crippen molar-refractivity contribution in [1.29, 1.82) is 0 Å². The standard InChI is InChI=1S/C25H34N4O7S/c1-36-21-6-2-5-19-18(21)4-3-7-22(19)37(34,35)29-20(25(32)33)16-28-24(31)12-15-27-23(30)9-8-17-10-13-26-14-11-17/h2-7,17,20,26,29H,8-16H2,1H3,(H,27,30)(H,28,31)(H,32,33)/t20-/m1/s1. The minimum Gasteiger partial charge on any atom is -0.496 e. The maximum atomic E-state index is 13.0. The molecule has 2 aromatic rings. The molecule has 1 saturated heterocycles. The molecule has 1 aliphatic heterocycles. The van der Waals surface area contributed by atoms with Gasteiger partial charge in [-0.15, -0.1) is 0 Å². The van der Waals surface area contributed by atoms with Gasteiger partial charge in [-0.2, -0.15) is 4.72 Å². The number of benzene rings is 2. The highest BCUT2D eigenvalue weighted by Crippen LogP contribution is 2.30. The number of methoxy groups -OCH3 is 1. The first-order chi connectivity index (χ1) is 17.7. The first kappa shape index (κ1) is 28.4. The molecule has 0 aromatic heterocycles. The second kappa shape index (κ2) is 13.4. The molecule has 5 N–H and O–H groups in total. The molecule has 0 spiro atoms. The van der Waals surface area contributed by atoms with E-state index in [1.807, 2.05) is 0 Å². The van der Waals surface area contributed by atoms with Gasteiger partial charge in [-0.05, 0) is 50.4 Å². The van der Waals surface area contributed by atoms with Crippen LogP contribution in [0.25, 0.3) is 10.8 Å². The third-order valence-corrected chi connectivity index (χ3v) is 7.89. The number of hydrogen-bond donors (Lipinski definition) is 5. The summed E-state index contributed by atoms with van der Waals surface area (Å²) in [4.78, 5) is 35.8. The van der Waals surface area contributed by atoms with Gasteiger partial charge in [-0.25, -0.2) is 8.42 Å². The first-order valence-electron chi connectivity index (χ1n) is 12.3. The SMILES string of the molecule is COc1cccc2c(S(=O)(=O)N[C@H](CNC(=O)CCNC(=O)CCC3CCNCC3)C(=O)O)cccc12. The summed E-state index contributed by atoms with van der Waals surface area (Å²) in [5.74, 6) is -1.06. The molecule has 0 aliphatic carbocycles. The minimum absolute atomic E-state index is 0.0543. The fourth-order valence-electron chi connectivity index (χ4n) is 4.31. The number of aliphatic carboxylic acids is 1. The molecule has 0 bridgehead atoms. The van der Waals surface area contributed by atoms with Gasteiger partial charge < -0.3 is 25.8 Å². The van der Waals surface area contributed by atoms with Crippen molar-refractivity contribution in [2.75, 3.05) is 33.3 Å². The maximum Gasteiger partial charge on any atom is 0.323 e. The topological polar surface area (TPSA) is 163 Å². The first-order valence-corrected chi connectivity index (χ1v) is 13.7. The smallest absolute Gasteiger partial charge is 0.323 e. The predicted octanol–water partition coefficient (Wildman–Crippen LogP) is 0.982. The molecular formula is C25H34N4O7S. The molecule has 12 heteroatoms. The van der Waals surface area contributed by atoms with Crippen molar-refractivity contribution in [1.82, 2.24) is 20.7 Å². The van der Waals surface area contributed by atoms with E-state index in [9.17, 15) is 27.9 Å². The number of piperidine rings is 1. The van der Waals surface area contributed by atoms with E-state index in [1.165, 1.54) is 19.2 Å². The van der Waals surface area contributed by atoms with Crippen LogP contribution in [0.1, 0.15) is 32.1 Å². The lowest BCUT2D eigenvalue weighted by Crippen LogP contribution is -2.48. The van der Waals surface area contributed by atoms with Gasteiger partial charge >= 0.3 is 5.97 Å². The maximum absolute atomic E-state index is 13.0. The number of carboxylic acids is 1. The van der Waals surface area contributed by atoms with Crippen LogP contribution < -0.4 is 25.4 Å². The second-order valence-corrected chi connectivity index (χ2v) is 10.6. The van der Waals surface area contributed by atoms with E-state index in [-0.39, 0.29) is 23.8 Å². The molecule has 11 nitrogen and oxygen atoms in total. The average Bonchev–Trinajstić information content (AvgIpc) is 2.89. The third-order valence-electron chi connectivity index (χ3n) is 6.36. The van der Waals surface area contributed by atoms with Crippen molar-refractivity contribution in [3.8, 4) is 5.75 Å². The number of rotatable bonds is 13. The van der Waals surface area contributed by atoms with Gasteiger partial charge in [0.25, 0.3) is 0 Å². The van der Waals surface area contributed by atoms with Crippen molar-refractivity contribution < 1.29 is 32.6 Å². The summed E-state index contributed by atoms with van der Waals surface area (Å²) in [6.07, 6.45) is 3.26. The highest BCUT2D eigenvalue weighted by molar-refractivity contribution is 7.89. The van der Waals surface area contributed by atoms with Crippen LogP contribution in [-0.4, -0.2) is 70.6 Å². The number of fused-ring (bicyclic) bond motifs is 1. The summed E-state index contributed by atoms with van der Waals surface area (Å²) in [5.41, 5.74) is 0. The van der Waals surface area contributed by atoms with Gasteiger partial charge in [0, 0.05) is 36.7 Å². The van der Waals surface area contributed by atoms with Crippen molar-refractivity contribution >= 4 is 38.6 Å². The Morgan fingerprint density at radius 2 is 1.70 bits per heavy atom. The van der Waals surface area contributed by atoms with Crippen LogP contribution in [0.15, 0.2) is 41.3 Å². The number of hydrogen-bond acceptors (Lipinski definition) is 7. The molecule has 1 aliphatic rings. The summed E-state index contributed by atoms with van der Waals surface area (Å²) < 4.78 is 33.5. The highest BCUT2D eigenvalue weighted by atomic mass is 32.2. The molecular weight excluding hydrogens is 500 g/mol. The Balaban J connectivity index is 1.50. The van der Waals surface area contributed by atoms with Crippen molar-refractivity contribution in [2.45, 2.75) is 43.0 Å². The summed E-state index contributed by atoms with van der Waals surface area (Å²) in [7, 11) is -2.78. The van der Waals surface area contributed by atoms with Crippen LogP contribution in [-0.2, 0) is 24.4 Å². The summed E-state index contributed by atoms with van der Waals surface area (Å²) in [5, 5.41) is 18.9. The molecule has 0 saturated carbocycles. The molecule has 202 valence electrons. The zero-order valence-electron chi connectivity index (χ0n) is 20.8. The van der Waals surface area contributed by atoms with Crippen molar-refractivity contribution in [3.63, 3.8) is 0 Å². The van der Waals surface area contributed by atoms with E-state index in [0.717, 1.165) is 32.4 Å². The number of carbonyl (C=O) groups excluding carboxylic acids is 2. The van der Waals surface area contributed by atoms with E-state index in [2.05, 4.69) is 20.7 Å². The number of nitrogens with one attached hydrogen (secondary N) is 4. The molecule has 1 atom stereocenters. The number of carboxylic acid groups (broad SMARTS) is 1. The minimum atomic E-state index is -4.25. The third kappa shape index (κ3) is 8.14. The van der Waals surface area contributed by atoms with E-state index >= 15 is 0 Å². The van der Waals surface area contributed by atoms with Crippen LogP contribution in [0.3, 0.4) is 0 Å². The van der Waals surface area contributed by atoms with Crippen LogP contribution in [0.4, 0.5) is 0 Å². The molecule has 0 radical (unpaired) electrons. The van der Waals surface area contributed by atoms with E-state index in [0.29, 0.717) is 28.9 Å². The van der Waals surface area contributed by atoms with E-state index in [4.69, 9.17) is 4.74 Å². The normalized spacial score (nSPS) is 15.2. The fraction of sp³-hybridized carbons (Fsp3) is 0.480. The van der Waals surface area contributed by atoms with Crippen molar-refractivity contribution in [2.24, 2.45) is 5.92 Å². The van der Waals surface area contributed by atoms with Gasteiger partial charge in [0.2, 0.25) is 21.8 Å². The number of amides is 2. The fourth-order valence-corrected chi connectivity index (χ4v) is 5.72. The summed E-state index contributed by atoms with van der Waals surface area (Å²) >= 11 is 0. The Morgan fingerprint density at radius 3 is 2.41 bits per heavy atom. The van der Waals surface area contributed by atoms with Gasteiger partial charge in [-0.3, -0.25) is 14.4 Å². The monoisotopic (exact) mass is 534 g/mol. The Bertz CT molecular complexity index is 1210. The molecule has 2 aromatic carbocycles. The van der Waals surface area contributed by atoms with Crippen LogP contribution in [0, 0.1) is 5.92 Å². The van der Waals surface area contributed by atoms with E-state index < -0.39 is 34.5 Å². The Morgan fingerprint density at radius 1 is 1.03 bits per heavy atom. The summed E-state index contributed by atoms with van der Waals surface area (Å²) in [6.45, 7) is 1.59. The molecule has 37 heavy (non-hydrogen) atoms. The van der Waals surface area contributed by atoms with Crippen LogP contribution in [0.5, 0.6) is 5.75 Å². The lowest BCUT2D eigenvalue weighted by Gasteiger charge is -2.22. The van der Waals surface area contributed by atoms with Crippen molar-refractivity contribution in [3.05, 3.63) is 36.4 Å². The Labute approximate surface area is 216 Å². The van der Waals surface area contributed by atoms with Crippen LogP contribution in [0.2, 0.25) is 0 Å². The summed E-state index contributed by atoms with van der Waals surface area (Å²) in [6, 6.07) is 7.96. The highest BCUT2D eigenvalue weighted by Gasteiger charge is 2.27. The Hall–Kier alpha value is -3.22. The molecule has 1 heterocycles. The number of sulfonamides is 1. The molecule has 0 unspecified atom stereocenters. The number of ether oxygens (including phenoxy) is 1. The molecule has 1 fully saturated rings. The molecule has 2 amide bonds. The van der Waals surface area contributed by atoms with Crippen LogP contribution >= 0.6 is 0 Å². The zero-order chi connectivity index (χ0) is 26.8. The van der Waals surface area contributed by atoms with Gasteiger partial charge in [0.1, 0.15) is 11.8 Å².